The second kappa shape index (κ2) is 12.4. The van der Waals surface area contributed by atoms with Crippen molar-refractivity contribution in [2.24, 2.45) is 5.73 Å². The molecule has 2 aromatic carbocycles. The van der Waals surface area contributed by atoms with E-state index in [4.69, 9.17) is 33.9 Å². The first-order chi connectivity index (χ1) is 21.6. The lowest BCUT2D eigenvalue weighted by Crippen LogP contribution is -2.50. The normalized spacial score (nSPS) is 15.5. The predicted molar refractivity (Wildman–Crippen MR) is 178 cm³/mol. The maximum atomic E-state index is 13.6. The third-order valence-electron chi connectivity index (χ3n) is 8.05. The smallest absolute Gasteiger partial charge is 0.261 e. The number of pyridine rings is 1. The van der Waals surface area contributed by atoms with Crippen LogP contribution < -0.4 is 21.5 Å². The van der Waals surface area contributed by atoms with Crippen molar-refractivity contribution in [1.29, 1.82) is 0 Å². The van der Waals surface area contributed by atoms with Gasteiger partial charge in [0.2, 0.25) is 0 Å². The highest BCUT2D eigenvalue weighted by molar-refractivity contribution is 6.33. The van der Waals surface area contributed by atoms with Gasteiger partial charge in [-0.25, -0.2) is 9.97 Å². The fourth-order valence-electron chi connectivity index (χ4n) is 5.77. The summed E-state index contributed by atoms with van der Waals surface area (Å²) in [4.78, 5) is 42.5. The van der Waals surface area contributed by atoms with Crippen molar-refractivity contribution in [1.82, 2.24) is 24.4 Å². The first-order valence-electron chi connectivity index (χ1n) is 14.5. The van der Waals surface area contributed by atoms with Gasteiger partial charge in [-0.15, -0.1) is 0 Å². The summed E-state index contributed by atoms with van der Waals surface area (Å²) >= 11 is 12.8. The molecular weight excluding hydrogens is 615 g/mol. The minimum Gasteiger partial charge on any atom is -0.506 e. The van der Waals surface area contributed by atoms with E-state index >= 15 is 0 Å². The summed E-state index contributed by atoms with van der Waals surface area (Å²) < 4.78 is 1.86. The van der Waals surface area contributed by atoms with Gasteiger partial charge in [-0.1, -0.05) is 53.5 Å². The van der Waals surface area contributed by atoms with Crippen LogP contribution in [0.3, 0.4) is 0 Å². The first kappa shape index (κ1) is 30.4. The summed E-state index contributed by atoms with van der Waals surface area (Å²) in [6, 6.07) is 14.5. The van der Waals surface area contributed by atoms with Gasteiger partial charge in [0.25, 0.3) is 11.5 Å². The Morgan fingerprint density at radius 2 is 1.91 bits per heavy atom. The van der Waals surface area contributed by atoms with E-state index in [1.54, 1.807) is 12.4 Å². The van der Waals surface area contributed by atoms with Crippen molar-refractivity contribution in [3.63, 3.8) is 0 Å². The summed E-state index contributed by atoms with van der Waals surface area (Å²) in [5.41, 5.74) is 7.83. The van der Waals surface area contributed by atoms with Crippen LogP contribution in [0.4, 0.5) is 11.5 Å². The number of phenols is 1. The lowest BCUT2D eigenvalue weighted by Gasteiger charge is -2.39. The van der Waals surface area contributed by atoms with Gasteiger partial charge in [-0.2, -0.15) is 0 Å². The number of rotatable bonds is 8. The molecule has 45 heavy (non-hydrogen) atoms. The summed E-state index contributed by atoms with van der Waals surface area (Å²) in [5, 5.41) is 14.5. The Labute approximate surface area is 269 Å². The number of nitrogens with one attached hydrogen (secondary N) is 2. The first-order valence-corrected chi connectivity index (χ1v) is 15.2. The lowest BCUT2D eigenvalue weighted by atomic mass is 10.0. The van der Waals surface area contributed by atoms with Crippen LogP contribution in [0.2, 0.25) is 10.0 Å². The molecule has 0 radical (unpaired) electrons. The highest BCUT2D eigenvalue weighted by Crippen LogP contribution is 2.36. The summed E-state index contributed by atoms with van der Waals surface area (Å²) in [7, 11) is 2.12. The van der Waals surface area contributed by atoms with E-state index in [0.29, 0.717) is 52.1 Å². The molecule has 232 valence electrons. The number of fused-ring (bicyclic) bond motifs is 1. The minimum absolute atomic E-state index is 0.0630. The molecule has 0 aliphatic carbocycles. The number of carbonyl (C=O) groups excluding carboxylic acids is 1. The van der Waals surface area contributed by atoms with Crippen molar-refractivity contribution < 1.29 is 9.90 Å². The van der Waals surface area contributed by atoms with Crippen LogP contribution in [0.1, 0.15) is 17.3 Å². The Kier molecular flexibility index (Phi) is 8.41. The SMILES string of the molecule is C[C@H]1CN(C)CCN1c1cc(NCCn2cc(-c3cc(Cl)c(O)c(C(N)=O)c3)c3c(=O)[nH]c(-c4ccccc4)nc32)c(Cl)cn1. The monoisotopic (exact) mass is 646 g/mol. The van der Waals surface area contributed by atoms with Crippen LogP contribution in [-0.2, 0) is 6.54 Å². The second-order valence-corrected chi connectivity index (χ2v) is 12.0. The average molecular weight is 648 g/mol. The average Bonchev–Trinajstić information content (AvgIpc) is 3.39. The summed E-state index contributed by atoms with van der Waals surface area (Å²) in [6.45, 7) is 5.80. The van der Waals surface area contributed by atoms with Gasteiger partial charge < -0.3 is 35.5 Å². The largest absolute Gasteiger partial charge is 0.506 e. The van der Waals surface area contributed by atoms with E-state index < -0.39 is 11.7 Å². The number of hydrogen-bond donors (Lipinski definition) is 4. The summed E-state index contributed by atoms with van der Waals surface area (Å²) in [6.07, 6.45) is 3.44. The van der Waals surface area contributed by atoms with Gasteiger partial charge >= 0.3 is 0 Å². The molecule has 1 aliphatic rings. The molecule has 1 amide bonds. The van der Waals surface area contributed by atoms with Crippen LogP contribution in [0.25, 0.3) is 33.5 Å². The Morgan fingerprint density at radius 1 is 1.13 bits per heavy atom. The molecule has 0 spiro atoms. The molecular formula is C32H32Cl2N8O3. The third kappa shape index (κ3) is 6.06. The molecule has 5 aromatic rings. The van der Waals surface area contributed by atoms with E-state index in [0.717, 1.165) is 36.7 Å². The Balaban J connectivity index is 1.37. The second-order valence-electron chi connectivity index (χ2n) is 11.2. The molecule has 3 aromatic heterocycles. The number of benzene rings is 2. The van der Waals surface area contributed by atoms with Crippen LogP contribution in [0.15, 0.2) is 65.7 Å². The molecule has 4 heterocycles. The molecule has 1 saturated heterocycles. The number of nitrogens with two attached hydrogens (primary N) is 1. The highest BCUT2D eigenvalue weighted by atomic mass is 35.5. The number of amides is 1. The molecule has 11 nitrogen and oxygen atoms in total. The number of piperazine rings is 1. The zero-order chi connectivity index (χ0) is 31.8. The molecule has 1 atom stereocenters. The van der Waals surface area contributed by atoms with Crippen LogP contribution in [0, 0.1) is 0 Å². The number of nitrogens with zero attached hydrogens (tertiary/aromatic N) is 5. The highest BCUT2D eigenvalue weighted by Gasteiger charge is 2.24. The Hall–Kier alpha value is -4.58. The number of carbonyl (C=O) groups is 1. The van der Waals surface area contributed by atoms with Gasteiger partial charge in [0.15, 0.2) is 0 Å². The number of aromatic amines is 1. The number of aromatic nitrogens is 4. The number of hydrogen-bond acceptors (Lipinski definition) is 8. The van der Waals surface area contributed by atoms with Crippen molar-refractivity contribution in [2.45, 2.75) is 19.5 Å². The third-order valence-corrected chi connectivity index (χ3v) is 8.64. The molecule has 1 fully saturated rings. The minimum atomic E-state index is -0.845. The van der Waals surface area contributed by atoms with Gasteiger partial charge in [0.1, 0.15) is 23.0 Å². The maximum absolute atomic E-state index is 13.6. The standard InChI is InChI=1S/C32H32Cl2N8O3/c1-18-16-40(2)10-11-42(18)26-14-25(24(34)15-37-26)36-8-9-41-17-22(20-12-21(29(35)44)28(43)23(33)13-20)27-31(41)38-30(39-32(27)45)19-6-4-3-5-7-19/h3-7,12-15,17-18,43H,8-11,16H2,1-2H3,(H2,35,44)(H,36,37)(H,38,39,45)/t18-/m0/s1. The molecule has 0 saturated carbocycles. The van der Waals surface area contributed by atoms with E-state index in [9.17, 15) is 14.7 Å². The number of aromatic hydroxyl groups is 1. The van der Waals surface area contributed by atoms with Gasteiger partial charge in [0, 0.05) is 68.4 Å². The molecule has 0 unspecified atom stereocenters. The van der Waals surface area contributed by atoms with Crippen LogP contribution in [0.5, 0.6) is 5.75 Å². The summed E-state index contributed by atoms with van der Waals surface area (Å²) in [5.74, 6) is 0.00368. The van der Waals surface area contributed by atoms with Crippen molar-refractivity contribution in [3.05, 3.63) is 86.9 Å². The zero-order valence-corrected chi connectivity index (χ0v) is 26.2. The fourth-order valence-corrected chi connectivity index (χ4v) is 6.16. The number of halogens is 2. The zero-order valence-electron chi connectivity index (χ0n) is 24.7. The Morgan fingerprint density at radius 3 is 2.64 bits per heavy atom. The van der Waals surface area contributed by atoms with E-state index in [1.807, 2.05) is 41.0 Å². The van der Waals surface area contributed by atoms with Crippen molar-refractivity contribution >= 4 is 51.6 Å². The number of anilines is 2. The molecule has 5 N–H and O–H groups in total. The van der Waals surface area contributed by atoms with Gasteiger partial charge in [-0.3, -0.25) is 9.59 Å². The van der Waals surface area contributed by atoms with Crippen LogP contribution in [-0.4, -0.2) is 74.7 Å². The van der Waals surface area contributed by atoms with E-state index in [-0.39, 0.29) is 16.1 Å². The lowest BCUT2D eigenvalue weighted by molar-refractivity contribution is 0.0998. The molecule has 1 aliphatic heterocycles. The quantitative estimate of drug-likeness (QED) is 0.188. The van der Waals surface area contributed by atoms with Crippen LogP contribution >= 0.6 is 23.2 Å². The fraction of sp³-hybridized carbons (Fsp3) is 0.250. The molecule has 0 bridgehead atoms. The van der Waals surface area contributed by atoms with Crippen molar-refractivity contribution in [3.8, 4) is 28.3 Å². The van der Waals surface area contributed by atoms with E-state index in [2.05, 4.69) is 39.1 Å². The van der Waals surface area contributed by atoms with Gasteiger partial charge in [-0.05, 0) is 31.7 Å². The van der Waals surface area contributed by atoms with Gasteiger partial charge in [0.05, 0.1) is 26.7 Å². The predicted octanol–water partition coefficient (Wildman–Crippen LogP) is 4.82. The number of H-pyrrole nitrogens is 1. The van der Waals surface area contributed by atoms with Crippen molar-refractivity contribution in [2.75, 3.05) is 43.4 Å². The maximum Gasteiger partial charge on any atom is 0.261 e. The Bertz CT molecular complexity index is 1960. The number of likely N-dealkylation sites (N-methyl/N-ethyl adjacent to an activating group) is 1. The molecule has 13 heteroatoms. The molecule has 6 rings (SSSR count). The number of primary amides is 1. The topological polar surface area (TPSA) is 145 Å². The van der Waals surface area contributed by atoms with E-state index in [1.165, 1.54) is 12.1 Å².